The molecule has 3 aromatic heterocycles. The van der Waals surface area contributed by atoms with E-state index in [9.17, 15) is 5.11 Å². The van der Waals surface area contributed by atoms with Crippen LogP contribution in [-0.2, 0) is 4.74 Å². The Labute approximate surface area is 255 Å². The molecule has 11 nitrogen and oxygen atoms in total. The average Bonchev–Trinajstić information content (AvgIpc) is 3.69. The predicted octanol–water partition coefficient (Wildman–Crippen LogP) is 3.85. The van der Waals surface area contributed by atoms with Crippen molar-refractivity contribution in [3.63, 3.8) is 0 Å². The van der Waals surface area contributed by atoms with Gasteiger partial charge in [-0.1, -0.05) is 0 Å². The zero-order valence-electron chi connectivity index (χ0n) is 25.5. The molecule has 6 heterocycles. The van der Waals surface area contributed by atoms with E-state index in [2.05, 4.69) is 15.1 Å². The molecule has 7 rings (SSSR count). The van der Waals surface area contributed by atoms with Crippen molar-refractivity contribution in [3.05, 3.63) is 41.1 Å². The van der Waals surface area contributed by atoms with E-state index < -0.39 is 11.4 Å². The van der Waals surface area contributed by atoms with Gasteiger partial charge >= 0.3 is 6.01 Å². The largest absolute Gasteiger partial charge is 0.461 e. The zero-order chi connectivity index (χ0) is 30.6. The van der Waals surface area contributed by atoms with Gasteiger partial charge in [-0.05, 0) is 89.0 Å². The average molecular weight is 603 g/mol. The van der Waals surface area contributed by atoms with Gasteiger partial charge < -0.3 is 25.2 Å². The van der Waals surface area contributed by atoms with Crippen molar-refractivity contribution in [2.45, 2.75) is 57.6 Å². The summed E-state index contributed by atoms with van der Waals surface area (Å²) in [5.74, 6) is -0.165. The highest BCUT2D eigenvalue weighted by Crippen LogP contribution is 2.41. The molecule has 0 bridgehead atoms. The highest BCUT2D eigenvalue weighted by Gasteiger charge is 2.45. The Morgan fingerprint density at radius 3 is 2.75 bits per heavy atom. The molecule has 1 unspecified atom stereocenters. The molecular formula is C32H39FN8O3. The van der Waals surface area contributed by atoms with E-state index in [1.165, 1.54) is 6.20 Å². The molecule has 0 spiro atoms. The first-order valence-electron chi connectivity index (χ1n) is 15.4. The van der Waals surface area contributed by atoms with Crippen molar-refractivity contribution < 1.29 is 19.0 Å². The van der Waals surface area contributed by atoms with Crippen LogP contribution in [0.25, 0.3) is 39.1 Å². The third-order valence-corrected chi connectivity index (χ3v) is 9.56. The summed E-state index contributed by atoms with van der Waals surface area (Å²) in [5.41, 5.74) is 8.67. The van der Waals surface area contributed by atoms with Gasteiger partial charge in [0.1, 0.15) is 29.2 Å². The van der Waals surface area contributed by atoms with E-state index in [1.807, 2.05) is 24.8 Å². The highest BCUT2D eigenvalue weighted by atomic mass is 19.1. The number of nitrogens with two attached hydrogens (primary N) is 1. The number of aliphatic hydroxyl groups is 1. The molecule has 3 fully saturated rings. The quantitative estimate of drug-likeness (QED) is 0.298. The topological polar surface area (TPSA) is 139 Å². The number of benzene rings is 1. The normalized spacial score (nSPS) is 22.3. The number of hydrogen-bond acceptors (Lipinski definition) is 10. The lowest BCUT2D eigenvalue weighted by molar-refractivity contribution is -0.0123. The lowest BCUT2D eigenvalue weighted by Crippen LogP contribution is -2.44. The van der Waals surface area contributed by atoms with E-state index in [0.717, 1.165) is 60.8 Å². The molecule has 12 heteroatoms. The van der Waals surface area contributed by atoms with Gasteiger partial charge in [0.25, 0.3) is 0 Å². The van der Waals surface area contributed by atoms with E-state index in [0.29, 0.717) is 42.2 Å². The van der Waals surface area contributed by atoms with Crippen LogP contribution in [0, 0.1) is 19.7 Å². The minimum atomic E-state index is -1.15. The number of aromatic nitrogens is 5. The van der Waals surface area contributed by atoms with Crippen LogP contribution in [0.15, 0.2) is 18.5 Å². The molecule has 0 aliphatic carbocycles. The fourth-order valence-electron chi connectivity index (χ4n) is 7.31. The number of ether oxygens (including phenoxy) is 2. The Balaban J connectivity index is 1.45. The molecule has 3 saturated heterocycles. The standard InChI is InChI=1S/C32H39FN8O3/c1-19-14-23-21(15-35-39-23)24(20(19)2)27-26(33)28-25(22(36-27)6-9-34)29(40-12-13-43-17-31(3,42)16-40)38-30(37-28)44-18-32-7-4-10-41(32)11-5-8-32/h6,9,14-15,42H,4-5,7-8,10-13,16-18,34H2,1-3H3,(H,35,39)/b9-6-. The molecule has 44 heavy (non-hydrogen) atoms. The fourth-order valence-corrected chi connectivity index (χ4v) is 7.31. The molecule has 232 valence electrons. The second kappa shape index (κ2) is 10.9. The summed E-state index contributed by atoms with van der Waals surface area (Å²) in [4.78, 5) is 18.9. The predicted molar refractivity (Wildman–Crippen MR) is 167 cm³/mol. The molecule has 0 saturated carbocycles. The van der Waals surface area contributed by atoms with E-state index in [4.69, 9.17) is 30.2 Å². The third kappa shape index (κ3) is 4.85. The van der Waals surface area contributed by atoms with Crippen molar-refractivity contribution in [3.8, 4) is 17.3 Å². The van der Waals surface area contributed by atoms with Crippen LogP contribution in [-0.4, -0.2) is 92.3 Å². The Kier molecular flexibility index (Phi) is 7.18. The molecule has 0 radical (unpaired) electrons. The number of rotatable bonds is 6. The molecule has 1 atom stereocenters. The number of halogens is 1. The first-order valence-corrected chi connectivity index (χ1v) is 15.4. The Morgan fingerprint density at radius 1 is 1.18 bits per heavy atom. The number of nitrogens with zero attached hydrogens (tertiary/aromatic N) is 6. The Morgan fingerprint density at radius 2 is 1.98 bits per heavy atom. The first kappa shape index (κ1) is 28.9. The molecule has 4 N–H and O–H groups in total. The molecule has 0 amide bonds. The van der Waals surface area contributed by atoms with Crippen molar-refractivity contribution in [2.75, 3.05) is 50.9 Å². The summed E-state index contributed by atoms with van der Waals surface area (Å²) in [6.07, 6.45) is 9.08. The van der Waals surface area contributed by atoms with Crippen LogP contribution in [0.3, 0.4) is 0 Å². The second-order valence-corrected chi connectivity index (χ2v) is 12.8. The number of pyridine rings is 1. The number of nitrogens with one attached hydrogen (secondary N) is 1. The number of anilines is 1. The lowest BCUT2D eigenvalue weighted by atomic mass is 9.95. The lowest BCUT2D eigenvalue weighted by Gasteiger charge is -2.32. The smallest absolute Gasteiger partial charge is 0.319 e. The van der Waals surface area contributed by atoms with Gasteiger partial charge in [0.15, 0.2) is 5.82 Å². The van der Waals surface area contributed by atoms with E-state index in [1.54, 1.807) is 19.2 Å². The summed E-state index contributed by atoms with van der Waals surface area (Å²) >= 11 is 0. The Hall–Kier alpha value is -3.87. The maximum atomic E-state index is 17.0. The summed E-state index contributed by atoms with van der Waals surface area (Å²) < 4.78 is 29.1. The minimum Gasteiger partial charge on any atom is -0.461 e. The summed E-state index contributed by atoms with van der Waals surface area (Å²) in [7, 11) is 0. The number of fused-ring (bicyclic) bond motifs is 3. The van der Waals surface area contributed by atoms with E-state index in [-0.39, 0.29) is 35.9 Å². The monoisotopic (exact) mass is 602 g/mol. The van der Waals surface area contributed by atoms with Gasteiger partial charge in [0.05, 0.1) is 48.1 Å². The number of H-pyrrole nitrogens is 1. The summed E-state index contributed by atoms with van der Waals surface area (Å²) in [5, 5.41) is 19.4. The fraction of sp³-hybridized carbons (Fsp3) is 0.500. The van der Waals surface area contributed by atoms with Gasteiger partial charge in [0.2, 0.25) is 0 Å². The number of hydrogen-bond donors (Lipinski definition) is 3. The maximum absolute atomic E-state index is 17.0. The molecule has 3 aliphatic rings. The van der Waals surface area contributed by atoms with Crippen LogP contribution in [0.2, 0.25) is 0 Å². The van der Waals surface area contributed by atoms with Crippen LogP contribution >= 0.6 is 0 Å². The summed E-state index contributed by atoms with van der Waals surface area (Å²) in [6, 6.07) is 2.09. The molecule has 4 aromatic rings. The SMILES string of the molecule is Cc1cc2[nH]ncc2c(-c2nc(/C=C\N)c3c(N4CCOCC(C)(O)C4)nc(OCC45CCCN4CCC5)nc3c2F)c1C. The first-order chi connectivity index (χ1) is 21.2. The van der Waals surface area contributed by atoms with Gasteiger partial charge in [-0.3, -0.25) is 10.00 Å². The second-order valence-electron chi connectivity index (χ2n) is 12.8. The molecular weight excluding hydrogens is 563 g/mol. The van der Waals surface area contributed by atoms with Crippen molar-refractivity contribution in [1.82, 2.24) is 30.0 Å². The molecule has 1 aromatic carbocycles. The van der Waals surface area contributed by atoms with E-state index >= 15 is 4.39 Å². The third-order valence-electron chi connectivity index (χ3n) is 9.56. The van der Waals surface area contributed by atoms with Gasteiger partial charge in [-0.25, -0.2) is 9.37 Å². The number of aryl methyl sites for hydroxylation is 1. The summed E-state index contributed by atoms with van der Waals surface area (Å²) in [6.45, 7) is 9.40. The molecule has 3 aliphatic heterocycles. The minimum absolute atomic E-state index is 0.0421. The van der Waals surface area contributed by atoms with Crippen LogP contribution in [0.5, 0.6) is 6.01 Å². The number of β-amino-alcohol motifs (C(OH)–C–C–N with tert-alkyl or cyclic N) is 1. The zero-order valence-corrected chi connectivity index (χ0v) is 25.5. The van der Waals surface area contributed by atoms with Crippen LogP contribution in [0.1, 0.15) is 49.4 Å². The van der Waals surface area contributed by atoms with Gasteiger partial charge in [-0.2, -0.15) is 15.1 Å². The van der Waals surface area contributed by atoms with Crippen LogP contribution in [0.4, 0.5) is 10.2 Å². The van der Waals surface area contributed by atoms with Gasteiger partial charge in [0, 0.05) is 17.5 Å². The maximum Gasteiger partial charge on any atom is 0.319 e. The van der Waals surface area contributed by atoms with Gasteiger partial charge in [-0.15, -0.1) is 0 Å². The van der Waals surface area contributed by atoms with Crippen molar-refractivity contribution in [1.29, 1.82) is 0 Å². The van der Waals surface area contributed by atoms with Crippen LogP contribution < -0.4 is 15.4 Å². The highest BCUT2D eigenvalue weighted by molar-refractivity contribution is 6.02. The van der Waals surface area contributed by atoms with Crippen molar-refractivity contribution >= 4 is 33.7 Å². The van der Waals surface area contributed by atoms with Crippen molar-refractivity contribution in [2.24, 2.45) is 5.73 Å². The Bertz CT molecular complexity index is 1760. The number of aromatic amines is 1.